The van der Waals surface area contributed by atoms with Gasteiger partial charge < -0.3 is 9.80 Å². The van der Waals surface area contributed by atoms with E-state index >= 15 is 0 Å². The van der Waals surface area contributed by atoms with Crippen molar-refractivity contribution >= 4 is 44.0 Å². The molecule has 0 aromatic heterocycles. The van der Waals surface area contributed by atoms with Crippen LogP contribution in [0.25, 0.3) is 0 Å². The highest BCUT2D eigenvalue weighted by Gasteiger charge is 2.49. The van der Waals surface area contributed by atoms with Crippen LogP contribution >= 0.6 is 11.8 Å². The standard InChI is InChI=1S/C22H25N3O3S2/c1-24(2)17-9-11-18(12-10-17)25-19-14-30(27,28)15-20(19)29-22(25)23-21(26)13-8-16-6-4-3-5-7-16/h3-7,9-12,19-20H,8,13-15H2,1-2H3/t19-,20+/m1/s1. The monoisotopic (exact) mass is 443 g/mol. The predicted molar refractivity (Wildman–Crippen MR) is 124 cm³/mol. The molecule has 0 bridgehead atoms. The second kappa shape index (κ2) is 8.43. The van der Waals surface area contributed by atoms with E-state index in [4.69, 9.17) is 0 Å². The van der Waals surface area contributed by atoms with Gasteiger partial charge in [0.15, 0.2) is 15.0 Å². The molecule has 2 saturated heterocycles. The number of fused-ring (bicyclic) bond motifs is 1. The molecule has 0 radical (unpaired) electrons. The molecule has 0 saturated carbocycles. The number of hydrogen-bond donors (Lipinski definition) is 0. The summed E-state index contributed by atoms with van der Waals surface area (Å²) in [7, 11) is 0.865. The number of benzene rings is 2. The van der Waals surface area contributed by atoms with Gasteiger partial charge in [-0.1, -0.05) is 42.1 Å². The maximum absolute atomic E-state index is 12.6. The average Bonchev–Trinajstić information content (AvgIpc) is 3.18. The molecule has 0 N–H and O–H groups in total. The molecule has 4 rings (SSSR count). The van der Waals surface area contributed by atoms with E-state index in [1.165, 1.54) is 11.8 Å². The molecule has 0 aliphatic carbocycles. The molecular weight excluding hydrogens is 418 g/mol. The zero-order valence-corrected chi connectivity index (χ0v) is 18.7. The number of carbonyl (C=O) groups excluding carboxylic acids is 1. The van der Waals surface area contributed by atoms with Crippen LogP contribution in [0.1, 0.15) is 12.0 Å². The van der Waals surface area contributed by atoms with E-state index in [1.54, 1.807) is 0 Å². The molecule has 8 heteroatoms. The van der Waals surface area contributed by atoms with Crippen LogP contribution in [0.3, 0.4) is 0 Å². The van der Waals surface area contributed by atoms with Crippen LogP contribution in [0.5, 0.6) is 0 Å². The van der Waals surface area contributed by atoms with Crippen molar-refractivity contribution in [3.8, 4) is 0 Å². The quantitative estimate of drug-likeness (QED) is 0.708. The molecule has 2 heterocycles. The van der Waals surface area contributed by atoms with Crippen LogP contribution in [0, 0.1) is 0 Å². The molecule has 2 aliphatic rings. The number of sulfone groups is 1. The molecule has 2 aromatic rings. The second-order valence-electron chi connectivity index (χ2n) is 7.86. The van der Waals surface area contributed by atoms with E-state index in [2.05, 4.69) is 4.99 Å². The van der Waals surface area contributed by atoms with Crippen molar-refractivity contribution in [3.05, 3.63) is 60.2 Å². The number of carbonyl (C=O) groups is 1. The summed E-state index contributed by atoms with van der Waals surface area (Å²) in [5.41, 5.74) is 3.02. The Morgan fingerprint density at radius 1 is 1.10 bits per heavy atom. The van der Waals surface area contributed by atoms with Crippen molar-refractivity contribution in [1.82, 2.24) is 0 Å². The summed E-state index contributed by atoms with van der Waals surface area (Å²) in [6.45, 7) is 0. The van der Waals surface area contributed by atoms with Crippen molar-refractivity contribution in [2.75, 3.05) is 35.4 Å². The van der Waals surface area contributed by atoms with Crippen LogP contribution in [0.2, 0.25) is 0 Å². The Kier molecular flexibility index (Phi) is 5.88. The van der Waals surface area contributed by atoms with Gasteiger partial charge in [0.2, 0.25) is 5.91 Å². The molecule has 0 unspecified atom stereocenters. The van der Waals surface area contributed by atoms with E-state index in [0.717, 1.165) is 16.9 Å². The highest BCUT2D eigenvalue weighted by Crippen LogP contribution is 2.41. The van der Waals surface area contributed by atoms with E-state index in [9.17, 15) is 13.2 Å². The number of amidine groups is 1. The van der Waals surface area contributed by atoms with Gasteiger partial charge >= 0.3 is 0 Å². The zero-order valence-electron chi connectivity index (χ0n) is 17.1. The van der Waals surface area contributed by atoms with Gasteiger partial charge in [-0.15, -0.1) is 0 Å². The summed E-state index contributed by atoms with van der Waals surface area (Å²) in [5, 5.41) is 0.514. The summed E-state index contributed by atoms with van der Waals surface area (Å²) in [6.07, 6.45) is 0.967. The van der Waals surface area contributed by atoms with Crippen LogP contribution < -0.4 is 9.80 Å². The second-order valence-corrected chi connectivity index (χ2v) is 11.2. The lowest BCUT2D eigenvalue weighted by atomic mass is 10.1. The zero-order chi connectivity index (χ0) is 21.3. The van der Waals surface area contributed by atoms with E-state index in [0.29, 0.717) is 18.0 Å². The van der Waals surface area contributed by atoms with Crippen molar-refractivity contribution in [2.45, 2.75) is 24.1 Å². The lowest BCUT2D eigenvalue weighted by molar-refractivity contribution is -0.117. The minimum absolute atomic E-state index is 0.0933. The van der Waals surface area contributed by atoms with Crippen LogP contribution in [-0.2, 0) is 21.1 Å². The number of anilines is 2. The first-order valence-electron chi connectivity index (χ1n) is 9.91. The Hall–Kier alpha value is -2.32. The number of amides is 1. The van der Waals surface area contributed by atoms with Gasteiger partial charge in [-0.2, -0.15) is 4.99 Å². The predicted octanol–water partition coefficient (Wildman–Crippen LogP) is 2.99. The summed E-state index contributed by atoms with van der Waals surface area (Å²) in [5.74, 6) is 0.0440. The Morgan fingerprint density at radius 3 is 2.47 bits per heavy atom. The smallest absolute Gasteiger partial charge is 0.248 e. The molecule has 0 spiro atoms. The van der Waals surface area contributed by atoms with Crippen molar-refractivity contribution in [2.24, 2.45) is 4.99 Å². The number of hydrogen-bond acceptors (Lipinski definition) is 5. The lowest BCUT2D eigenvalue weighted by Crippen LogP contribution is -2.37. The fourth-order valence-electron chi connectivity index (χ4n) is 3.84. The van der Waals surface area contributed by atoms with E-state index in [1.807, 2.05) is 78.5 Å². The number of thioether (sulfide) groups is 1. The number of aliphatic imine (C=N–C) groups is 1. The van der Waals surface area contributed by atoms with Gasteiger partial charge in [-0.25, -0.2) is 8.42 Å². The van der Waals surface area contributed by atoms with Gasteiger partial charge in [0, 0.05) is 37.1 Å². The molecule has 158 valence electrons. The fraction of sp³-hybridized carbons (Fsp3) is 0.364. The maximum atomic E-state index is 12.6. The van der Waals surface area contributed by atoms with Gasteiger partial charge in [0.1, 0.15) is 0 Å². The number of rotatable bonds is 5. The molecule has 2 fully saturated rings. The van der Waals surface area contributed by atoms with Crippen LogP contribution in [0.15, 0.2) is 59.6 Å². The third-order valence-electron chi connectivity index (χ3n) is 5.40. The minimum atomic E-state index is -3.08. The third-order valence-corrected chi connectivity index (χ3v) is 8.61. The van der Waals surface area contributed by atoms with E-state index < -0.39 is 9.84 Å². The topological polar surface area (TPSA) is 70.0 Å². The Labute approximate surface area is 181 Å². The van der Waals surface area contributed by atoms with E-state index in [-0.39, 0.29) is 28.7 Å². The first kappa shape index (κ1) is 20.9. The average molecular weight is 444 g/mol. The first-order valence-corrected chi connectivity index (χ1v) is 12.6. The molecule has 2 aromatic carbocycles. The number of aryl methyl sites for hydroxylation is 1. The fourth-order valence-corrected chi connectivity index (χ4v) is 7.77. The normalized spacial score (nSPS) is 23.5. The summed E-state index contributed by atoms with van der Waals surface area (Å²) < 4.78 is 24.4. The summed E-state index contributed by atoms with van der Waals surface area (Å²) in [6, 6.07) is 17.6. The summed E-state index contributed by atoms with van der Waals surface area (Å²) in [4.78, 5) is 20.9. The maximum Gasteiger partial charge on any atom is 0.248 e. The Bertz CT molecular complexity index is 1050. The lowest BCUT2D eigenvalue weighted by Gasteiger charge is -2.25. The van der Waals surface area contributed by atoms with Crippen molar-refractivity contribution < 1.29 is 13.2 Å². The van der Waals surface area contributed by atoms with Gasteiger partial charge in [0.25, 0.3) is 0 Å². The van der Waals surface area contributed by atoms with Crippen molar-refractivity contribution in [3.63, 3.8) is 0 Å². The minimum Gasteiger partial charge on any atom is -0.378 e. The molecule has 30 heavy (non-hydrogen) atoms. The van der Waals surface area contributed by atoms with Gasteiger partial charge in [-0.3, -0.25) is 4.79 Å². The van der Waals surface area contributed by atoms with Crippen molar-refractivity contribution in [1.29, 1.82) is 0 Å². The molecular formula is C22H25N3O3S2. The number of nitrogens with zero attached hydrogens (tertiary/aromatic N) is 3. The highest BCUT2D eigenvalue weighted by molar-refractivity contribution is 8.16. The van der Waals surface area contributed by atoms with Gasteiger partial charge in [0.05, 0.1) is 17.5 Å². The Balaban J connectivity index is 1.57. The molecule has 1 amide bonds. The first-order chi connectivity index (χ1) is 14.3. The highest BCUT2D eigenvalue weighted by atomic mass is 32.2. The molecule has 2 atom stereocenters. The molecule has 2 aliphatic heterocycles. The van der Waals surface area contributed by atoms with Crippen LogP contribution in [-0.4, -0.2) is 56.4 Å². The van der Waals surface area contributed by atoms with Gasteiger partial charge in [-0.05, 0) is 36.2 Å². The van der Waals surface area contributed by atoms with Crippen LogP contribution in [0.4, 0.5) is 11.4 Å². The largest absolute Gasteiger partial charge is 0.378 e. The molecule has 6 nitrogen and oxygen atoms in total. The third kappa shape index (κ3) is 4.54. The summed E-state index contributed by atoms with van der Waals surface area (Å²) >= 11 is 1.41. The Morgan fingerprint density at radius 2 is 1.80 bits per heavy atom. The SMILES string of the molecule is CN(C)c1ccc(N2C(=NC(=O)CCc3ccccc3)S[C@H]3CS(=O)(=O)C[C@H]32)cc1.